The number of hydrogen-bond donors (Lipinski definition) is 1. The van der Waals surface area contributed by atoms with Gasteiger partial charge in [0.05, 0.1) is 16.8 Å². The molecule has 0 radical (unpaired) electrons. The molecule has 0 aromatic heterocycles. The molecule has 21 heavy (non-hydrogen) atoms. The van der Waals surface area contributed by atoms with Gasteiger partial charge in [-0.25, -0.2) is 8.42 Å². The second-order valence-electron chi connectivity index (χ2n) is 5.35. The van der Waals surface area contributed by atoms with Crippen LogP contribution < -0.4 is 0 Å². The summed E-state index contributed by atoms with van der Waals surface area (Å²) in [5.74, 6) is -0.532. The maximum atomic E-state index is 12.5. The summed E-state index contributed by atoms with van der Waals surface area (Å²) in [5, 5.41) is 9.96. The van der Waals surface area contributed by atoms with Crippen LogP contribution in [0, 0.1) is 6.92 Å². The van der Waals surface area contributed by atoms with Crippen LogP contribution in [-0.4, -0.2) is 25.4 Å². The number of aliphatic hydroxyl groups is 1. The lowest BCUT2D eigenvalue weighted by molar-refractivity contribution is 0.170. The first kappa shape index (κ1) is 15.7. The maximum absolute atomic E-state index is 12.5. The lowest BCUT2D eigenvalue weighted by Crippen LogP contribution is -2.24. The number of aliphatic hydroxyl groups excluding tert-OH is 1. The van der Waals surface area contributed by atoms with Crippen molar-refractivity contribution in [3.05, 3.63) is 65.7 Å². The molecule has 0 aliphatic carbocycles. The number of rotatable bonds is 5. The monoisotopic (exact) mass is 304 g/mol. The van der Waals surface area contributed by atoms with Crippen LogP contribution in [0.25, 0.3) is 0 Å². The highest BCUT2D eigenvalue weighted by Crippen LogP contribution is 2.25. The van der Waals surface area contributed by atoms with Crippen molar-refractivity contribution < 1.29 is 13.5 Å². The van der Waals surface area contributed by atoms with Crippen LogP contribution in [-0.2, 0) is 9.84 Å². The molecule has 2 rings (SSSR count). The van der Waals surface area contributed by atoms with Gasteiger partial charge in [-0.2, -0.15) is 0 Å². The predicted octanol–water partition coefficient (Wildman–Crippen LogP) is 2.93. The fourth-order valence-electron chi connectivity index (χ4n) is 2.29. The zero-order valence-corrected chi connectivity index (χ0v) is 13.0. The molecule has 0 aliphatic heterocycles. The molecule has 0 fully saturated rings. The molecule has 2 atom stereocenters. The van der Waals surface area contributed by atoms with Crippen molar-refractivity contribution >= 4 is 9.84 Å². The molecule has 0 saturated carbocycles. The summed E-state index contributed by atoms with van der Waals surface area (Å²) >= 11 is 0. The number of sulfone groups is 1. The van der Waals surface area contributed by atoms with Crippen molar-refractivity contribution in [2.75, 3.05) is 5.75 Å². The van der Waals surface area contributed by atoms with Gasteiger partial charge in [0.2, 0.25) is 0 Å². The molecular weight excluding hydrogens is 284 g/mol. The lowest BCUT2D eigenvalue weighted by atomic mass is 9.96. The van der Waals surface area contributed by atoms with Crippen molar-refractivity contribution in [1.29, 1.82) is 0 Å². The largest absolute Gasteiger partial charge is 0.393 e. The minimum atomic E-state index is -3.43. The Morgan fingerprint density at radius 1 is 1.00 bits per heavy atom. The molecule has 2 aromatic rings. The van der Waals surface area contributed by atoms with Crippen molar-refractivity contribution in [2.45, 2.75) is 30.8 Å². The third-order valence-electron chi connectivity index (χ3n) is 3.59. The van der Waals surface area contributed by atoms with Gasteiger partial charge in [0, 0.05) is 5.92 Å². The Hall–Kier alpha value is -1.65. The van der Waals surface area contributed by atoms with Crippen molar-refractivity contribution in [3.8, 4) is 0 Å². The topological polar surface area (TPSA) is 54.4 Å². The molecule has 112 valence electrons. The third kappa shape index (κ3) is 3.93. The molecule has 3 nitrogen and oxygen atoms in total. The quantitative estimate of drug-likeness (QED) is 0.924. The van der Waals surface area contributed by atoms with Gasteiger partial charge in [-0.3, -0.25) is 0 Å². The normalized spacial score (nSPS) is 14.6. The maximum Gasteiger partial charge on any atom is 0.179 e. The third-order valence-corrected chi connectivity index (χ3v) is 5.38. The van der Waals surface area contributed by atoms with Crippen LogP contribution in [0.5, 0.6) is 0 Å². The van der Waals surface area contributed by atoms with Crippen LogP contribution in [0.2, 0.25) is 0 Å². The summed E-state index contributed by atoms with van der Waals surface area (Å²) < 4.78 is 25.0. The van der Waals surface area contributed by atoms with Crippen molar-refractivity contribution in [3.63, 3.8) is 0 Å². The SMILES string of the molecule is Cc1ccc(S(=O)(=O)CC(c2ccccc2)C(C)O)cc1. The Balaban J connectivity index is 2.30. The van der Waals surface area contributed by atoms with Crippen LogP contribution >= 0.6 is 0 Å². The number of aryl methyl sites for hydroxylation is 1. The van der Waals surface area contributed by atoms with Gasteiger partial charge >= 0.3 is 0 Å². The summed E-state index contributed by atoms with van der Waals surface area (Å²) in [4.78, 5) is 0.301. The Kier molecular flexibility index (Phi) is 4.80. The molecule has 2 aromatic carbocycles. The van der Waals surface area contributed by atoms with Crippen LogP contribution in [0.4, 0.5) is 0 Å². The predicted molar refractivity (Wildman–Crippen MR) is 84.1 cm³/mol. The van der Waals surface area contributed by atoms with Gasteiger partial charge in [-0.05, 0) is 31.5 Å². The van der Waals surface area contributed by atoms with Gasteiger partial charge in [-0.1, -0.05) is 48.0 Å². The van der Waals surface area contributed by atoms with Gasteiger partial charge in [0.1, 0.15) is 0 Å². The first-order valence-corrected chi connectivity index (χ1v) is 8.58. The van der Waals surface area contributed by atoms with E-state index in [0.717, 1.165) is 11.1 Å². The summed E-state index contributed by atoms with van der Waals surface area (Å²) in [7, 11) is -3.43. The molecule has 0 spiro atoms. The molecule has 0 heterocycles. The van der Waals surface area contributed by atoms with Gasteiger partial charge in [-0.15, -0.1) is 0 Å². The highest BCUT2D eigenvalue weighted by atomic mass is 32.2. The molecule has 1 N–H and O–H groups in total. The Morgan fingerprint density at radius 3 is 2.10 bits per heavy atom. The Morgan fingerprint density at radius 2 is 1.57 bits per heavy atom. The first-order valence-electron chi connectivity index (χ1n) is 6.92. The van der Waals surface area contributed by atoms with E-state index in [1.807, 2.05) is 37.3 Å². The summed E-state index contributed by atoms with van der Waals surface area (Å²) in [6, 6.07) is 16.1. The van der Waals surface area contributed by atoms with Crippen molar-refractivity contribution in [2.24, 2.45) is 0 Å². The van der Waals surface area contributed by atoms with Crippen molar-refractivity contribution in [1.82, 2.24) is 0 Å². The summed E-state index contributed by atoms with van der Waals surface area (Å²) in [5.41, 5.74) is 1.85. The van der Waals surface area contributed by atoms with E-state index < -0.39 is 21.9 Å². The zero-order valence-electron chi connectivity index (χ0n) is 12.2. The van der Waals surface area contributed by atoms with Crippen LogP contribution in [0.15, 0.2) is 59.5 Å². The standard InChI is InChI=1S/C17H20O3S/c1-13-8-10-16(11-9-13)21(19,20)12-17(14(2)18)15-6-4-3-5-7-15/h3-11,14,17-18H,12H2,1-2H3. The van der Waals surface area contributed by atoms with E-state index in [4.69, 9.17) is 0 Å². The van der Waals surface area contributed by atoms with Crippen LogP contribution in [0.3, 0.4) is 0 Å². The van der Waals surface area contributed by atoms with E-state index in [1.165, 1.54) is 0 Å². The molecule has 2 unspecified atom stereocenters. The second kappa shape index (κ2) is 6.41. The van der Waals surface area contributed by atoms with Gasteiger partial charge < -0.3 is 5.11 Å². The molecule has 0 saturated heterocycles. The minimum absolute atomic E-state index is 0.0995. The number of hydrogen-bond acceptors (Lipinski definition) is 3. The smallest absolute Gasteiger partial charge is 0.179 e. The molecule has 0 amide bonds. The fourth-order valence-corrected chi connectivity index (χ4v) is 3.98. The van der Waals surface area contributed by atoms with Gasteiger partial charge in [0.25, 0.3) is 0 Å². The molecule has 4 heteroatoms. The van der Waals surface area contributed by atoms with Gasteiger partial charge in [0.15, 0.2) is 9.84 Å². The Labute approximate surface area is 126 Å². The van der Waals surface area contributed by atoms with E-state index in [9.17, 15) is 13.5 Å². The highest BCUT2D eigenvalue weighted by molar-refractivity contribution is 7.91. The molecular formula is C17H20O3S. The van der Waals surface area contributed by atoms with E-state index >= 15 is 0 Å². The zero-order chi connectivity index (χ0) is 15.5. The van der Waals surface area contributed by atoms with E-state index in [2.05, 4.69) is 0 Å². The lowest BCUT2D eigenvalue weighted by Gasteiger charge is -2.20. The van der Waals surface area contributed by atoms with Crippen LogP contribution in [0.1, 0.15) is 24.0 Å². The average molecular weight is 304 g/mol. The minimum Gasteiger partial charge on any atom is -0.393 e. The first-order chi connectivity index (χ1) is 9.90. The second-order valence-corrected chi connectivity index (χ2v) is 7.39. The van der Waals surface area contributed by atoms with E-state index in [0.29, 0.717) is 4.90 Å². The molecule has 0 bridgehead atoms. The summed E-state index contributed by atoms with van der Waals surface area (Å²) in [6.45, 7) is 3.54. The molecule has 0 aliphatic rings. The Bertz CT molecular complexity index is 674. The van der Waals surface area contributed by atoms with E-state index in [-0.39, 0.29) is 5.75 Å². The van der Waals surface area contributed by atoms with E-state index in [1.54, 1.807) is 31.2 Å². The average Bonchev–Trinajstić information content (AvgIpc) is 2.46. The fraction of sp³-hybridized carbons (Fsp3) is 0.294. The summed E-state index contributed by atoms with van der Waals surface area (Å²) in [6.07, 6.45) is -0.729. The highest BCUT2D eigenvalue weighted by Gasteiger charge is 2.25. The number of benzene rings is 2.